The molecule has 1 aliphatic rings. The van der Waals surface area contributed by atoms with Crippen molar-refractivity contribution in [1.29, 1.82) is 0 Å². The third kappa shape index (κ3) is 2.84. The van der Waals surface area contributed by atoms with E-state index in [1.807, 2.05) is 12.1 Å². The highest BCUT2D eigenvalue weighted by atomic mass is 16.5. The monoisotopic (exact) mass is 248 g/mol. The topological polar surface area (TPSA) is 35.5 Å². The molecule has 0 spiro atoms. The normalized spacial score (nSPS) is 23.3. The maximum absolute atomic E-state index is 11.4. The van der Waals surface area contributed by atoms with Crippen molar-refractivity contribution in [2.75, 3.05) is 14.2 Å². The largest absolute Gasteiger partial charge is 0.497 e. The van der Waals surface area contributed by atoms with Gasteiger partial charge in [-0.1, -0.05) is 19.1 Å². The molecule has 98 valence electrons. The van der Waals surface area contributed by atoms with Crippen molar-refractivity contribution in [2.24, 2.45) is 11.8 Å². The zero-order valence-corrected chi connectivity index (χ0v) is 11.2. The number of esters is 1. The first-order valence-corrected chi connectivity index (χ1v) is 6.37. The molecule has 0 amide bonds. The molecule has 1 saturated carbocycles. The summed E-state index contributed by atoms with van der Waals surface area (Å²) < 4.78 is 10.00. The van der Waals surface area contributed by atoms with E-state index >= 15 is 0 Å². The Balaban J connectivity index is 1.92. The van der Waals surface area contributed by atoms with E-state index in [9.17, 15) is 4.79 Å². The molecular weight excluding hydrogens is 228 g/mol. The smallest absolute Gasteiger partial charge is 0.308 e. The molecule has 18 heavy (non-hydrogen) atoms. The van der Waals surface area contributed by atoms with Crippen LogP contribution < -0.4 is 4.74 Å². The van der Waals surface area contributed by atoms with Gasteiger partial charge in [0.1, 0.15) is 5.75 Å². The quantitative estimate of drug-likeness (QED) is 0.751. The lowest BCUT2D eigenvalue weighted by atomic mass is 9.94. The van der Waals surface area contributed by atoms with Gasteiger partial charge in [0, 0.05) is 0 Å². The summed E-state index contributed by atoms with van der Waals surface area (Å²) in [6.45, 7) is 2.20. The standard InChI is InChI=1S/C15H20O3/c1-10(7-12-9-14(12)15(16)18-3)11-5-4-6-13(8-11)17-2/h4-6,8,10,12,14H,7,9H2,1-3H3. The van der Waals surface area contributed by atoms with E-state index in [-0.39, 0.29) is 11.9 Å². The summed E-state index contributed by atoms with van der Waals surface area (Å²) in [5.74, 6) is 1.89. The second-order valence-electron chi connectivity index (χ2n) is 5.04. The number of methoxy groups -OCH3 is 2. The van der Waals surface area contributed by atoms with Gasteiger partial charge >= 0.3 is 5.97 Å². The number of benzene rings is 1. The fourth-order valence-corrected chi connectivity index (χ4v) is 2.49. The lowest BCUT2D eigenvalue weighted by Gasteiger charge is -2.12. The van der Waals surface area contributed by atoms with E-state index in [0.717, 1.165) is 18.6 Å². The van der Waals surface area contributed by atoms with Gasteiger partial charge in [0.05, 0.1) is 20.1 Å². The van der Waals surface area contributed by atoms with E-state index in [1.165, 1.54) is 12.7 Å². The molecule has 2 rings (SSSR count). The van der Waals surface area contributed by atoms with Gasteiger partial charge in [0.25, 0.3) is 0 Å². The van der Waals surface area contributed by atoms with E-state index in [2.05, 4.69) is 19.1 Å². The predicted octanol–water partition coefficient (Wildman–Crippen LogP) is 3.00. The third-order valence-corrected chi connectivity index (χ3v) is 3.75. The van der Waals surface area contributed by atoms with Gasteiger partial charge in [-0.05, 0) is 42.4 Å². The lowest BCUT2D eigenvalue weighted by molar-refractivity contribution is -0.142. The highest BCUT2D eigenvalue weighted by molar-refractivity contribution is 5.75. The first kappa shape index (κ1) is 12.9. The number of hydrogen-bond acceptors (Lipinski definition) is 3. The number of ether oxygens (including phenoxy) is 2. The molecule has 0 radical (unpaired) electrons. The number of carbonyl (C=O) groups excluding carboxylic acids is 1. The molecule has 0 aliphatic heterocycles. The van der Waals surface area contributed by atoms with Crippen LogP contribution in [0.15, 0.2) is 24.3 Å². The number of carbonyl (C=O) groups is 1. The third-order valence-electron chi connectivity index (χ3n) is 3.75. The van der Waals surface area contributed by atoms with E-state index in [0.29, 0.717) is 11.8 Å². The van der Waals surface area contributed by atoms with Crippen LogP contribution in [0.4, 0.5) is 0 Å². The average Bonchev–Trinajstić information content (AvgIpc) is 3.17. The van der Waals surface area contributed by atoms with Crippen molar-refractivity contribution < 1.29 is 14.3 Å². The van der Waals surface area contributed by atoms with Crippen LogP contribution in [-0.2, 0) is 9.53 Å². The van der Waals surface area contributed by atoms with Gasteiger partial charge < -0.3 is 9.47 Å². The van der Waals surface area contributed by atoms with Crippen LogP contribution in [0.25, 0.3) is 0 Å². The van der Waals surface area contributed by atoms with Crippen molar-refractivity contribution in [2.45, 2.75) is 25.7 Å². The zero-order chi connectivity index (χ0) is 13.1. The molecule has 0 N–H and O–H groups in total. The molecular formula is C15H20O3. The Bertz CT molecular complexity index is 428. The Morgan fingerprint density at radius 3 is 2.89 bits per heavy atom. The van der Waals surface area contributed by atoms with Crippen LogP contribution >= 0.6 is 0 Å². The molecule has 0 aromatic heterocycles. The summed E-state index contributed by atoms with van der Waals surface area (Å²) in [7, 11) is 3.14. The summed E-state index contributed by atoms with van der Waals surface area (Å²) in [4.78, 5) is 11.4. The molecule has 1 fully saturated rings. The Kier molecular flexibility index (Phi) is 3.90. The van der Waals surface area contributed by atoms with Crippen molar-refractivity contribution in [1.82, 2.24) is 0 Å². The molecule has 3 atom stereocenters. The lowest BCUT2D eigenvalue weighted by Crippen LogP contribution is -2.05. The molecule has 1 aliphatic carbocycles. The van der Waals surface area contributed by atoms with Gasteiger partial charge in [-0.3, -0.25) is 4.79 Å². The summed E-state index contributed by atoms with van der Waals surface area (Å²) in [5, 5.41) is 0. The van der Waals surface area contributed by atoms with Gasteiger partial charge in [0.15, 0.2) is 0 Å². The van der Waals surface area contributed by atoms with Crippen LogP contribution in [0.2, 0.25) is 0 Å². The highest BCUT2D eigenvalue weighted by Crippen LogP contribution is 2.45. The Labute approximate surface area is 108 Å². The van der Waals surface area contributed by atoms with E-state index in [1.54, 1.807) is 7.11 Å². The fraction of sp³-hybridized carbons (Fsp3) is 0.533. The average molecular weight is 248 g/mol. The molecule has 0 saturated heterocycles. The summed E-state index contributed by atoms with van der Waals surface area (Å²) in [6.07, 6.45) is 2.01. The van der Waals surface area contributed by atoms with E-state index < -0.39 is 0 Å². The minimum absolute atomic E-state index is 0.0576. The number of rotatable bonds is 5. The first-order valence-electron chi connectivity index (χ1n) is 6.37. The van der Waals surface area contributed by atoms with Gasteiger partial charge in [0.2, 0.25) is 0 Å². The Morgan fingerprint density at radius 2 is 2.22 bits per heavy atom. The Morgan fingerprint density at radius 1 is 1.44 bits per heavy atom. The van der Waals surface area contributed by atoms with Crippen molar-refractivity contribution in [3.8, 4) is 5.75 Å². The van der Waals surface area contributed by atoms with Gasteiger partial charge in [-0.15, -0.1) is 0 Å². The van der Waals surface area contributed by atoms with Crippen LogP contribution in [0.3, 0.4) is 0 Å². The minimum Gasteiger partial charge on any atom is -0.497 e. The molecule has 3 unspecified atom stereocenters. The maximum atomic E-state index is 11.4. The molecule has 1 aromatic carbocycles. The molecule has 0 bridgehead atoms. The number of hydrogen-bond donors (Lipinski definition) is 0. The molecule has 3 nitrogen and oxygen atoms in total. The van der Waals surface area contributed by atoms with Crippen LogP contribution in [-0.4, -0.2) is 20.2 Å². The Hall–Kier alpha value is -1.51. The van der Waals surface area contributed by atoms with Crippen LogP contribution in [0.1, 0.15) is 31.2 Å². The maximum Gasteiger partial charge on any atom is 0.308 e. The van der Waals surface area contributed by atoms with Crippen molar-refractivity contribution in [3.63, 3.8) is 0 Å². The second kappa shape index (κ2) is 5.42. The summed E-state index contributed by atoms with van der Waals surface area (Å²) in [5.41, 5.74) is 1.27. The van der Waals surface area contributed by atoms with Crippen molar-refractivity contribution >= 4 is 5.97 Å². The van der Waals surface area contributed by atoms with Gasteiger partial charge in [-0.2, -0.15) is 0 Å². The van der Waals surface area contributed by atoms with Crippen LogP contribution in [0, 0.1) is 11.8 Å². The van der Waals surface area contributed by atoms with E-state index in [4.69, 9.17) is 9.47 Å². The second-order valence-corrected chi connectivity index (χ2v) is 5.04. The van der Waals surface area contributed by atoms with Crippen molar-refractivity contribution in [3.05, 3.63) is 29.8 Å². The fourth-order valence-electron chi connectivity index (χ4n) is 2.49. The predicted molar refractivity (Wildman–Crippen MR) is 69.6 cm³/mol. The molecule has 0 heterocycles. The first-order chi connectivity index (χ1) is 8.65. The summed E-state index contributed by atoms with van der Waals surface area (Å²) in [6, 6.07) is 8.14. The molecule has 3 heteroatoms. The van der Waals surface area contributed by atoms with Crippen LogP contribution in [0.5, 0.6) is 5.75 Å². The SMILES string of the molecule is COC(=O)C1CC1CC(C)c1cccc(OC)c1. The summed E-state index contributed by atoms with van der Waals surface area (Å²) >= 11 is 0. The highest BCUT2D eigenvalue weighted by Gasteiger charge is 2.44. The molecule has 1 aromatic rings. The zero-order valence-electron chi connectivity index (χ0n) is 11.2. The van der Waals surface area contributed by atoms with Gasteiger partial charge in [-0.25, -0.2) is 0 Å². The minimum atomic E-state index is -0.0576.